The molecule has 1 fully saturated rings. The van der Waals surface area contributed by atoms with Crippen molar-refractivity contribution in [2.75, 3.05) is 7.11 Å². The fourth-order valence-electron chi connectivity index (χ4n) is 2.43. The fourth-order valence-corrected chi connectivity index (χ4v) is 2.43. The average Bonchev–Trinajstić information content (AvgIpc) is 3.28. The molecule has 0 aliphatic heterocycles. The lowest BCUT2D eigenvalue weighted by Crippen LogP contribution is -2.34. The van der Waals surface area contributed by atoms with E-state index in [2.05, 4.69) is 5.32 Å². The molecule has 0 aromatic heterocycles. The molecule has 0 bridgehead atoms. The Bertz CT molecular complexity index is 663. The molecule has 0 atom stereocenters. The number of carbonyl (C=O) groups is 1. The highest BCUT2D eigenvalue weighted by Gasteiger charge is 2.45. The monoisotopic (exact) mass is 285 g/mol. The van der Waals surface area contributed by atoms with Gasteiger partial charge in [-0.25, -0.2) is 4.39 Å². The number of hydrogen-bond donors (Lipinski definition) is 1. The van der Waals surface area contributed by atoms with Crippen LogP contribution in [0, 0.1) is 5.82 Å². The highest BCUT2D eigenvalue weighted by Crippen LogP contribution is 2.45. The first kappa shape index (κ1) is 13.6. The second-order valence-corrected chi connectivity index (χ2v) is 5.28. The van der Waals surface area contributed by atoms with E-state index in [1.165, 1.54) is 12.1 Å². The predicted octanol–water partition coefficient (Wildman–Crippen LogP) is 3.25. The lowest BCUT2D eigenvalue weighted by atomic mass is 10.0. The van der Waals surface area contributed by atoms with Crippen molar-refractivity contribution in [3.8, 4) is 5.75 Å². The van der Waals surface area contributed by atoms with E-state index in [0.29, 0.717) is 11.3 Å². The van der Waals surface area contributed by atoms with E-state index in [9.17, 15) is 9.18 Å². The van der Waals surface area contributed by atoms with E-state index >= 15 is 0 Å². The Hall–Kier alpha value is -2.36. The molecular weight excluding hydrogens is 269 g/mol. The van der Waals surface area contributed by atoms with Gasteiger partial charge in [-0.15, -0.1) is 0 Å². The molecule has 1 aliphatic rings. The van der Waals surface area contributed by atoms with Crippen molar-refractivity contribution in [3.05, 3.63) is 65.5 Å². The van der Waals surface area contributed by atoms with Gasteiger partial charge in [0.2, 0.25) is 0 Å². The van der Waals surface area contributed by atoms with Crippen LogP contribution in [0.5, 0.6) is 5.75 Å². The van der Waals surface area contributed by atoms with Crippen molar-refractivity contribution < 1.29 is 13.9 Å². The van der Waals surface area contributed by atoms with Crippen LogP contribution in [0.3, 0.4) is 0 Å². The number of halogens is 1. The molecule has 2 aromatic rings. The summed E-state index contributed by atoms with van der Waals surface area (Å²) in [4.78, 5) is 12.4. The normalized spacial score (nSPS) is 15.3. The zero-order valence-corrected chi connectivity index (χ0v) is 11.7. The summed E-state index contributed by atoms with van der Waals surface area (Å²) in [5.41, 5.74) is 1.15. The average molecular weight is 285 g/mol. The van der Waals surface area contributed by atoms with E-state index in [1.807, 2.05) is 0 Å². The third kappa shape index (κ3) is 2.75. The summed E-state index contributed by atoms with van der Waals surface area (Å²) in [5.74, 6) is 0.235. The molecule has 1 saturated carbocycles. The minimum Gasteiger partial charge on any atom is -0.497 e. The minimum atomic E-state index is -0.353. The highest BCUT2D eigenvalue weighted by molar-refractivity contribution is 5.95. The summed E-state index contributed by atoms with van der Waals surface area (Å²) in [6.07, 6.45) is 1.74. The van der Waals surface area contributed by atoms with Crippen LogP contribution < -0.4 is 10.1 Å². The summed E-state index contributed by atoms with van der Waals surface area (Å²) in [7, 11) is 1.57. The molecule has 3 rings (SSSR count). The summed E-state index contributed by atoms with van der Waals surface area (Å²) >= 11 is 0. The standard InChI is InChI=1S/C17H16FNO2/c1-21-15-4-2-3-12(11-15)16(20)19-17(9-10-17)13-5-7-14(18)8-6-13/h2-8,11H,9-10H2,1H3,(H,19,20). The summed E-state index contributed by atoms with van der Waals surface area (Å²) in [6.45, 7) is 0. The smallest absolute Gasteiger partial charge is 0.252 e. The van der Waals surface area contributed by atoms with Gasteiger partial charge in [0.15, 0.2) is 0 Å². The molecule has 4 heteroatoms. The van der Waals surface area contributed by atoms with Crippen LogP contribution in [0.25, 0.3) is 0 Å². The number of hydrogen-bond acceptors (Lipinski definition) is 2. The van der Waals surface area contributed by atoms with Crippen molar-refractivity contribution in [3.63, 3.8) is 0 Å². The van der Waals surface area contributed by atoms with E-state index < -0.39 is 0 Å². The Balaban J connectivity index is 1.79. The van der Waals surface area contributed by atoms with Crippen LogP contribution in [0.4, 0.5) is 4.39 Å². The van der Waals surface area contributed by atoms with Crippen molar-refractivity contribution in [1.82, 2.24) is 5.32 Å². The molecule has 1 amide bonds. The molecule has 0 heterocycles. The van der Waals surface area contributed by atoms with Crippen LogP contribution in [0.2, 0.25) is 0 Å². The number of amides is 1. The zero-order chi connectivity index (χ0) is 14.9. The van der Waals surface area contributed by atoms with Crippen molar-refractivity contribution >= 4 is 5.91 Å². The van der Waals surface area contributed by atoms with Crippen molar-refractivity contribution in [2.24, 2.45) is 0 Å². The van der Waals surface area contributed by atoms with Gasteiger partial charge < -0.3 is 10.1 Å². The maximum atomic E-state index is 13.0. The number of nitrogens with one attached hydrogen (secondary N) is 1. The Labute approximate surface area is 122 Å². The van der Waals surface area contributed by atoms with Crippen molar-refractivity contribution in [1.29, 1.82) is 0 Å². The quantitative estimate of drug-likeness (QED) is 0.936. The van der Waals surface area contributed by atoms with Gasteiger partial charge in [0.05, 0.1) is 12.6 Å². The Morgan fingerprint density at radius 2 is 1.90 bits per heavy atom. The summed E-state index contributed by atoms with van der Waals surface area (Å²) in [5, 5.41) is 3.05. The second-order valence-electron chi connectivity index (χ2n) is 5.28. The van der Waals surface area contributed by atoms with Gasteiger partial charge >= 0.3 is 0 Å². The minimum absolute atomic E-state index is 0.143. The third-order valence-electron chi connectivity index (χ3n) is 3.83. The summed E-state index contributed by atoms with van der Waals surface area (Å²) in [6, 6.07) is 13.3. The van der Waals surface area contributed by atoms with Gasteiger partial charge in [-0.05, 0) is 48.7 Å². The fraction of sp³-hybridized carbons (Fsp3) is 0.235. The molecule has 108 valence electrons. The molecule has 0 saturated heterocycles. The molecule has 1 N–H and O–H groups in total. The van der Waals surface area contributed by atoms with Gasteiger partial charge in [0.25, 0.3) is 5.91 Å². The summed E-state index contributed by atoms with van der Waals surface area (Å²) < 4.78 is 18.1. The number of methoxy groups -OCH3 is 1. The largest absolute Gasteiger partial charge is 0.497 e. The number of benzene rings is 2. The molecule has 0 radical (unpaired) electrons. The van der Waals surface area contributed by atoms with Crippen molar-refractivity contribution in [2.45, 2.75) is 18.4 Å². The Kier molecular flexibility index (Phi) is 3.37. The SMILES string of the molecule is COc1cccc(C(=O)NC2(c3ccc(F)cc3)CC2)c1. The van der Waals surface area contributed by atoms with Crippen LogP contribution in [0.1, 0.15) is 28.8 Å². The zero-order valence-electron chi connectivity index (χ0n) is 11.7. The lowest BCUT2D eigenvalue weighted by Gasteiger charge is -2.18. The van der Waals surface area contributed by atoms with Crippen LogP contribution in [0.15, 0.2) is 48.5 Å². The molecule has 0 spiro atoms. The van der Waals surface area contributed by atoms with E-state index in [0.717, 1.165) is 18.4 Å². The first-order chi connectivity index (χ1) is 10.1. The second kappa shape index (κ2) is 5.20. The molecule has 21 heavy (non-hydrogen) atoms. The molecular formula is C17H16FNO2. The predicted molar refractivity (Wildman–Crippen MR) is 77.8 cm³/mol. The van der Waals surface area contributed by atoms with E-state index in [1.54, 1.807) is 43.5 Å². The highest BCUT2D eigenvalue weighted by atomic mass is 19.1. The van der Waals surface area contributed by atoms with Gasteiger partial charge in [-0.1, -0.05) is 18.2 Å². The molecule has 2 aromatic carbocycles. The first-order valence-corrected chi connectivity index (χ1v) is 6.86. The number of rotatable bonds is 4. The van der Waals surface area contributed by atoms with Crippen LogP contribution in [-0.4, -0.2) is 13.0 Å². The number of ether oxygens (including phenoxy) is 1. The molecule has 1 aliphatic carbocycles. The van der Waals surface area contributed by atoms with Gasteiger partial charge in [0, 0.05) is 5.56 Å². The Morgan fingerprint density at radius 3 is 2.52 bits per heavy atom. The van der Waals surface area contributed by atoms with Gasteiger partial charge in [-0.2, -0.15) is 0 Å². The number of carbonyl (C=O) groups excluding carboxylic acids is 1. The molecule has 0 unspecified atom stereocenters. The maximum absolute atomic E-state index is 13.0. The lowest BCUT2D eigenvalue weighted by molar-refractivity contribution is 0.0930. The van der Waals surface area contributed by atoms with E-state index in [-0.39, 0.29) is 17.3 Å². The van der Waals surface area contributed by atoms with Crippen LogP contribution in [-0.2, 0) is 5.54 Å². The first-order valence-electron chi connectivity index (χ1n) is 6.86. The topological polar surface area (TPSA) is 38.3 Å². The van der Waals surface area contributed by atoms with Gasteiger partial charge in [0.1, 0.15) is 11.6 Å². The van der Waals surface area contributed by atoms with E-state index in [4.69, 9.17) is 4.74 Å². The molecule has 3 nitrogen and oxygen atoms in total. The van der Waals surface area contributed by atoms with Gasteiger partial charge in [-0.3, -0.25) is 4.79 Å². The van der Waals surface area contributed by atoms with Crippen LogP contribution >= 0.6 is 0 Å². The third-order valence-corrected chi connectivity index (χ3v) is 3.83. The Morgan fingerprint density at radius 1 is 1.19 bits per heavy atom. The maximum Gasteiger partial charge on any atom is 0.252 e.